The third-order valence-electron chi connectivity index (χ3n) is 4.97. The zero-order valence-corrected chi connectivity index (χ0v) is 17.8. The standard InChI is InChI=1S/C20H45N3O3/c1-5-6-7-8-9-10-12-19(20(24-2,25-3)26-4)13-11-15-22-17-18-23-16-14-21/h19,22-23H,5-18,21H2,1-4H3. The first kappa shape index (κ1) is 25.8. The van der Waals surface area contributed by atoms with E-state index in [4.69, 9.17) is 19.9 Å². The molecule has 0 aromatic rings. The van der Waals surface area contributed by atoms with E-state index in [0.717, 1.165) is 45.4 Å². The number of methoxy groups -OCH3 is 3. The van der Waals surface area contributed by atoms with Gasteiger partial charge >= 0.3 is 0 Å². The molecule has 0 aliphatic rings. The summed E-state index contributed by atoms with van der Waals surface area (Å²) in [5.41, 5.74) is 5.46. The lowest BCUT2D eigenvalue weighted by Gasteiger charge is -2.36. The maximum Gasteiger partial charge on any atom is 0.285 e. The van der Waals surface area contributed by atoms with Gasteiger partial charge in [0, 0.05) is 53.4 Å². The minimum atomic E-state index is -0.925. The van der Waals surface area contributed by atoms with Crippen molar-refractivity contribution in [2.24, 2.45) is 11.7 Å². The van der Waals surface area contributed by atoms with Crippen molar-refractivity contribution in [1.82, 2.24) is 10.6 Å². The molecule has 0 rings (SSSR count). The summed E-state index contributed by atoms with van der Waals surface area (Å²) >= 11 is 0. The van der Waals surface area contributed by atoms with E-state index >= 15 is 0 Å². The molecule has 0 aliphatic carbocycles. The van der Waals surface area contributed by atoms with Crippen LogP contribution in [0.15, 0.2) is 0 Å². The van der Waals surface area contributed by atoms with E-state index in [0.29, 0.717) is 6.54 Å². The number of rotatable bonds is 20. The number of hydrogen-bond acceptors (Lipinski definition) is 6. The fourth-order valence-corrected chi connectivity index (χ4v) is 3.42. The maximum atomic E-state index is 5.63. The Kier molecular flexibility index (Phi) is 18.0. The van der Waals surface area contributed by atoms with Crippen molar-refractivity contribution in [3.8, 4) is 0 Å². The monoisotopic (exact) mass is 375 g/mol. The van der Waals surface area contributed by atoms with Gasteiger partial charge in [-0.25, -0.2) is 0 Å². The minimum Gasteiger partial charge on any atom is -0.331 e. The molecule has 0 aliphatic heterocycles. The molecule has 6 heteroatoms. The summed E-state index contributed by atoms with van der Waals surface area (Å²) in [6, 6.07) is 0. The van der Waals surface area contributed by atoms with E-state index in [1.165, 1.54) is 38.5 Å². The SMILES string of the molecule is CCCCCCCCC(CCCNCCNCCN)C(OC)(OC)OC. The second kappa shape index (κ2) is 18.1. The van der Waals surface area contributed by atoms with Crippen LogP contribution in [0.5, 0.6) is 0 Å². The van der Waals surface area contributed by atoms with Crippen LogP contribution in [0.2, 0.25) is 0 Å². The van der Waals surface area contributed by atoms with Gasteiger partial charge < -0.3 is 30.6 Å². The molecule has 6 nitrogen and oxygen atoms in total. The van der Waals surface area contributed by atoms with E-state index in [-0.39, 0.29) is 5.92 Å². The second-order valence-electron chi connectivity index (χ2n) is 6.90. The molecular formula is C20H45N3O3. The van der Waals surface area contributed by atoms with Crippen molar-refractivity contribution in [1.29, 1.82) is 0 Å². The van der Waals surface area contributed by atoms with Crippen LogP contribution in [0.1, 0.15) is 64.7 Å². The lowest BCUT2D eigenvalue weighted by molar-refractivity contribution is -0.380. The summed E-state index contributed by atoms with van der Waals surface area (Å²) in [6.07, 6.45) is 10.9. The number of nitrogens with two attached hydrogens (primary N) is 1. The molecule has 0 radical (unpaired) electrons. The molecule has 4 N–H and O–H groups in total. The summed E-state index contributed by atoms with van der Waals surface area (Å²) in [5, 5.41) is 6.76. The number of nitrogens with one attached hydrogen (secondary N) is 2. The molecule has 0 heterocycles. The predicted octanol–water partition coefficient (Wildman–Crippen LogP) is 2.86. The summed E-state index contributed by atoms with van der Waals surface area (Å²) in [4.78, 5) is 0. The lowest BCUT2D eigenvalue weighted by Crippen LogP contribution is -2.44. The summed E-state index contributed by atoms with van der Waals surface area (Å²) in [7, 11) is 5.01. The highest BCUT2D eigenvalue weighted by molar-refractivity contribution is 4.72. The Morgan fingerprint density at radius 1 is 0.731 bits per heavy atom. The highest BCUT2D eigenvalue weighted by atomic mass is 16.9. The Balaban J connectivity index is 4.20. The highest BCUT2D eigenvalue weighted by Gasteiger charge is 2.39. The van der Waals surface area contributed by atoms with Crippen molar-refractivity contribution >= 4 is 0 Å². The third kappa shape index (κ3) is 11.5. The molecule has 0 aromatic carbocycles. The fourth-order valence-electron chi connectivity index (χ4n) is 3.42. The van der Waals surface area contributed by atoms with Crippen molar-refractivity contribution in [2.45, 2.75) is 70.7 Å². The molecular weight excluding hydrogens is 330 g/mol. The molecule has 0 fully saturated rings. The first-order chi connectivity index (χ1) is 12.7. The van der Waals surface area contributed by atoms with Crippen molar-refractivity contribution < 1.29 is 14.2 Å². The Labute approximate surface area is 161 Å². The van der Waals surface area contributed by atoms with E-state index in [1.807, 2.05) is 0 Å². The average molecular weight is 376 g/mol. The second-order valence-corrected chi connectivity index (χ2v) is 6.90. The van der Waals surface area contributed by atoms with Crippen LogP contribution in [0.25, 0.3) is 0 Å². The Morgan fingerprint density at radius 3 is 1.85 bits per heavy atom. The zero-order valence-electron chi connectivity index (χ0n) is 17.8. The van der Waals surface area contributed by atoms with Gasteiger partial charge in [0.15, 0.2) is 0 Å². The van der Waals surface area contributed by atoms with Crippen LogP contribution in [0.3, 0.4) is 0 Å². The van der Waals surface area contributed by atoms with Crippen LogP contribution in [0.4, 0.5) is 0 Å². The Bertz CT molecular complexity index is 281. The molecule has 0 saturated heterocycles. The molecule has 0 saturated carbocycles. The van der Waals surface area contributed by atoms with Crippen LogP contribution < -0.4 is 16.4 Å². The van der Waals surface area contributed by atoms with Crippen LogP contribution in [-0.4, -0.2) is 60.0 Å². The van der Waals surface area contributed by atoms with E-state index in [2.05, 4.69) is 17.6 Å². The van der Waals surface area contributed by atoms with Gasteiger partial charge in [0.05, 0.1) is 0 Å². The third-order valence-corrected chi connectivity index (χ3v) is 4.97. The fraction of sp³-hybridized carbons (Fsp3) is 1.00. The van der Waals surface area contributed by atoms with Crippen molar-refractivity contribution in [2.75, 3.05) is 54.1 Å². The topological polar surface area (TPSA) is 77.8 Å². The predicted molar refractivity (Wildman–Crippen MR) is 109 cm³/mol. The molecule has 0 spiro atoms. The molecule has 0 amide bonds. The first-order valence-electron chi connectivity index (χ1n) is 10.5. The highest BCUT2D eigenvalue weighted by Crippen LogP contribution is 2.32. The Hall–Kier alpha value is -0.240. The molecule has 158 valence electrons. The van der Waals surface area contributed by atoms with Gasteiger partial charge in [0.2, 0.25) is 0 Å². The van der Waals surface area contributed by atoms with Gasteiger partial charge in [-0.1, -0.05) is 45.4 Å². The molecule has 26 heavy (non-hydrogen) atoms. The zero-order chi connectivity index (χ0) is 19.5. The van der Waals surface area contributed by atoms with E-state index < -0.39 is 5.97 Å². The summed E-state index contributed by atoms with van der Waals surface area (Å²) < 4.78 is 16.9. The summed E-state index contributed by atoms with van der Waals surface area (Å²) in [6.45, 7) is 6.73. The maximum absolute atomic E-state index is 5.63. The van der Waals surface area contributed by atoms with E-state index in [9.17, 15) is 0 Å². The molecule has 0 aromatic heterocycles. The number of ether oxygens (including phenoxy) is 3. The Morgan fingerprint density at radius 2 is 1.27 bits per heavy atom. The summed E-state index contributed by atoms with van der Waals surface area (Å²) in [5.74, 6) is -0.683. The average Bonchev–Trinajstić information content (AvgIpc) is 2.67. The van der Waals surface area contributed by atoms with Crippen LogP contribution in [0, 0.1) is 5.92 Å². The molecule has 1 unspecified atom stereocenters. The number of unbranched alkanes of at least 4 members (excludes halogenated alkanes) is 5. The minimum absolute atomic E-state index is 0.242. The number of hydrogen-bond donors (Lipinski definition) is 3. The van der Waals surface area contributed by atoms with Crippen molar-refractivity contribution in [3.63, 3.8) is 0 Å². The van der Waals surface area contributed by atoms with Gasteiger partial charge in [-0.3, -0.25) is 0 Å². The lowest BCUT2D eigenvalue weighted by atomic mass is 9.93. The van der Waals surface area contributed by atoms with Crippen molar-refractivity contribution in [3.05, 3.63) is 0 Å². The molecule has 0 bridgehead atoms. The van der Waals surface area contributed by atoms with Gasteiger partial charge in [-0.2, -0.15) is 0 Å². The van der Waals surface area contributed by atoms with Gasteiger partial charge in [0.1, 0.15) is 0 Å². The smallest absolute Gasteiger partial charge is 0.285 e. The van der Waals surface area contributed by atoms with Gasteiger partial charge in [-0.05, 0) is 25.8 Å². The largest absolute Gasteiger partial charge is 0.331 e. The first-order valence-corrected chi connectivity index (χ1v) is 10.5. The molecule has 1 atom stereocenters. The van der Waals surface area contributed by atoms with E-state index in [1.54, 1.807) is 21.3 Å². The van der Waals surface area contributed by atoms with Gasteiger partial charge in [0.25, 0.3) is 5.97 Å². The quantitative estimate of drug-likeness (QED) is 0.224. The van der Waals surface area contributed by atoms with Crippen LogP contribution >= 0.6 is 0 Å². The normalized spacial score (nSPS) is 13.3. The van der Waals surface area contributed by atoms with Crippen LogP contribution in [-0.2, 0) is 14.2 Å². The van der Waals surface area contributed by atoms with Gasteiger partial charge in [-0.15, -0.1) is 0 Å².